The zero-order chi connectivity index (χ0) is 23.3. The van der Waals surface area contributed by atoms with Crippen LogP contribution in [-0.2, 0) is 10.0 Å². The first-order chi connectivity index (χ1) is 15.9. The van der Waals surface area contributed by atoms with Crippen LogP contribution >= 0.6 is 0 Å². The summed E-state index contributed by atoms with van der Waals surface area (Å²) in [6.45, 7) is 4.24. The first-order valence-corrected chi connectivity index (χ1v) is 11.7. The number of hydrogen-bond acceptors (Lipinski definition) is 9. The third-order valence-electron chi connectivity index (χ3n) is 4.63. The maximum atomic E-state index is 12.5. The van der Waals surface area contributed by atoms with E-state index in [0.29, 0.717) is 35.6 Å². The fourth-order valence-electron chi connectivity index (χ4n) is 2.93. The van der Waals surface area contributed by atoms with Gasteiger partial charge in [0.1, 0.15) is 23.6 Å². The zero-order valence-electron chi connectivity index (χ0n) is 18.1. The van der Waals surface area contributed by atoms with Gasteiger partial charge in [-0.15, -0.1) is 10.2 Å². The fourth-order valence-corrected chi connectivity index (χ4v) is 3.96. The quantitative estimate of drug-likeness (QED) is 0.318. The lowest BCUT2D eigenvalue weighted by Gasteiger charge is -2.09. The molecule has 3 aromatic heterocycles. The summed E-state index contributed by atoms with van der Waals surface area (Å²) in [5.74, 6) is 2.31. The summed E-state index contributed by atoms with van der Waals surface area (Å²) in [6, 6.07) is 13.8. The van der Waals surface area contributed by atoms with Crippen LogP contribution in [0.15, 0.2) is 70.3 Å². The lowest BCUT2D eigenvalue weighted by molar-refractivity contribution is 0.521. The second kappa shape index (κ2) is 9.76. The van der Waals surface area contributed by atoms with Crippen molar-refractivity contribution in [2.75, 3.05) is 23.7 Å². The molecule has 10 nitrogen and oxygen atoms in total. The Bertz CT molecular complexity index is 1300. The van der Waals surface area contributed by atoms with Crippen molar-refractivity contribution < 1.29 is 12.8 Å². The number of hydrogen-bond donors (Lipinski definition) is 3. The highest BCUT2D eigenvalue weighted by molar-refractivity contribution is 7.89. The third-order valence-corrected chi connectivity index (χ3v) is 6.11. The maximum absolute atomic E-state index is 12.5. The molecule has 170 valence electrons. The van der Waals surface area contributed by atoms with Crippen LogP contribution in [0.1, 0.15) is 11.5 Å². The summed E-state index contributed by atoms with van der Waals surface area (Å²) in [4.78, 5) is 8.66. The van der Waals surface area contributed by atoms with E-state index in [9.17, 15) is 8.42 Å². The average molecular weight is 466 g/mol. The highest BCUT2D eigenvalue weighted by Gasteiger charge is 2.14. The predicted molar refractivity (Wildman–Crippen MR) is 125 cm³/mol. The number of oxazole rings is 1. The molecule has 0 unspecified atom stereocenters. The van der Waals surface area contributed by atoms with Crippen LogP contribution in [0, 0.1) is 13.8 Å². The second-order valence-corrected chi connectivity index (χ2v) is 9.02. The number of aromatic nitrogens is 4. The Morgan fingerprint density at radius 1 is 0.879 bits per heavy atom. The number of nitrogens with one attached hydrogen (secondary N) is 3. The van der Waals surface area contributed by atoms with Crippen LogP contribution in [0.25, 0.3) is 11.3 Å². The number of benzene rings is 1. The summed E-state index contributed by atoms with van der Waals surface area (Å²) in [6.07, 6.45) is 3.30. The Morgan fingerprint density at radius 2 is 1.61 bits per heavy atom. The van der Waals surface area contributed by atoms with Gasteiger partial charge in [-0.2, -0.15) is 0 Å². The molecule has 0 radical (unpaired) electrons. The van der Waals surface area contributed by atoms with Crippen molar-refractivity contribution >= 4 is 27.5 Å². The molecular weight excluding hydrogens is 442 g/mol. The van der Waals surface area contributed by atoms with Crippen LogP contribution in [0.2, 0.25) is 0 Å². The number of anilines is 3. The van der Waals surface area contributed by atoms with Crippen LogP contribution in [0.5, 0.6) is 0 Å². The van der Waals surface area contributed by atoms with Crippen molar-refractivity contribution in [1.82, 2.24) is 24.9 Å². The highest BCUT2D eigenvalue weighted by atomic mass is 32.2. The lowest BCUT2D eigenvalue weighted by Crippen LogP contribution is -2.29. The van der Waals surface area contributed by atoms with Gasteiger partial charge >= 0.3 is 0 Å². The van der Waals surface area contributed by atoms with E-state index in [2.05, 4.69) is 35.5 Å². The van der Waals surface area contributed by atoms with Gasteiger partial charge in [-0.3, -0.25) is 0 Å². The summed E-state index contributed by atoms with van der Waals surface area (Å²) in [7, 11) is -3.64. The van der Waals surface area contributed by atoms with Crippen LogP contribution in [0.3, 0.4) is 0 Å². The molecule has 0 bridgehead atoms. The van der Waals surface area contributed by atoms with Crippen molar-refractivity contribution in [3.05, 3.63) is 72.4 Å². The van der Waals surface area contributed by atoms with Gasteiger partial charge in [0, 0.05) is 31.8 Å². The summed E-state index contributed by atoms with van der Waals surface area (Å²) in [5, 5.41) is 14.3. The van der Waals surface area contributed by atoms with Gasteiger partial charge in [0.05, 0.1) is 4.90 Å². The van der Waals surface area contributed by atoms with Crippen molar-refractivity contribution in [3.63, 3.8) is 0 Å². The third kappa shape index (κ3) is 5.90. The Balaban J connectivity index is 1.26. The molecule has 33 heavy (non-hydrogen) atoms. The minimum Gasteiger partial charge on any atom is -0.449 e. The molecule has 1 aromatic carbocycles. The lowest BCUT2D eigenvalue weighted by atomic mass is 10.2. The van der Waals surface area contributed by atoms with Crippen molar-refractivity contribution in [2.45, 2.75) is 18.7 Å². The van der Waals surface area contributed by atoms with E-state index in [0.717, 1.165) is 11.1 Å². The van der Waals surface area contributed by atoms with Crippen LogP contribution in [-0.4, -0.2) is 41.7 Å². The molecule has 3 N–H and O–H groups in total. The second-order valence-electron chi connectivity index (χ2n) is 7.25. The molecule has 3 heterocycles. The Labute approximate surface area is 191 Å². The molecule has 4 aromatic rings. The number of rotatable bonds is 9. The first kappa shape index (κ1) is 22.4. The molecule has 0 atom stereocenters. The van der Waals surface area contributed by atoms with E-state index in [1.165, 1.54) is 18.4 Å². The van der Waals surface area contributed by atoms with Gasteiger partial charge < -0.3 is 15.1 Å². The van der Waals surface area contributed by atoms with Gasteiger partial charge in [0.15, 0.2) is 11.7 Å². The van der Waals surface area contributed by atoms with Crippen LogP contribution < -0.4 is 15.4 Å². The monoisotopic (exact) mass is 465 g/mol. The summed E-state index contributed by atoms with van der Waals surface area (Å²) >= 11 is 0. The van der Waals surface area contributed by atoms with Gasteiger partial charge in [0.2, 0.25) is 10.0 Å². The Kier molecular flexibility index (Phi) is 6.61. The normalized spacial score (nSPS) is 11.3. The number of nitrogens with zero attached hydrogens (tertiary/aromatic N) is 4. The molecule has 0 fully saturated rings. The predicted octanol–water partition coefficient (Wildman–Crippen LogP) is 3.28. The van der Waals surface area contributed by atoms with Crippen molar-refractivity contribution in [2.24, 2.45) is 0 Å². The van der Waals surface area contributed by atoms with E-state index in [1.54, 1.807) is 37.4 Å². The smallest absolute Gasteiger partial charge is 0.240 e. The maximum Gasteiger partial charge on any atom is 0.240 e. The Morgan fingerprint density at radius 3 is 2.24 bits per heavy atom. The Hall–Kier alpha value is -3.83. The van der Waals surface area contributed by atoms with Crippen LogP contribution in [0.4, 0.5) is 17.5 Å². The molecule has 0 aliphatic heterocycles. The summed E-state index contributed by atoms with van der Waals surface area (Å²) < 4.78 is 32.8. The molecule has 0 saturated heterocycles. The molecule has 11 heteroatoms. The number of aryl methyl sites for hydroxylation is 2. The minimum atomic E-state index is -3.64. The molecule has 4 rings (SSSR count). The molecular formula is C22H23N7O3S. The first-order valence-electron chi connectivity index (χ1n) is 10.2. The van der Waals surface area contributed by atoms with Gasteiger partial charge in [-0.25, -0.2) is 23.1 Å². The number of pyridine rings is 1. The SMILES string of the molecule is Cc1ccc(Nc2ccc(NCCNS(=O)(=O)c3ccc(-c4coc(C)n4)cc3)nn2)nc1. The average Bonchev–Trinajstić information content (AvgIpc) is 3.26. The van der Waals surface area contributed by atoms with Gasteiger partial charge in [-0.05, 0) is 42.8 Å². The topological polar surface area (TPSA) is 135 Å². The molecule has 0 spiro atoms. The van der Waals surface area contributed by atoms with Gasteiger partial charge in [0.25, 0.3) is 0 Å². The van der Waals surface area contributed by atoms with E-state index < -0.39 is 10.0 Å². The van der Waals surface area contributed by atoms with E-state index >= 15 is 0 Å². The van der Waals surface area contributed by atoms with Crippen molar-refractivity contribution in [3.8, 4) is 11.3 Å². The van der Waals surface area contributed by atoms with E-state index in [-0.39, 0.29) is 11.4 Å². The van der Waals surface area contributed by atoms with Gasteiger partial charge in [-0.1, -0.05) is 18.2 Å². The molecule has 0 aliphatic carbocycles. The zero-order valence-corrected chi connectivity index (χ0v) is 18.9. The molecule has 0 aliphatic rings. The largest absolute Gasteiger partial charge is 0.449 e. The van der Waals surface area contributed by atoms with E-state index in [1.807, 2.05) is 19.1 Å². The standard InChI is InChI=1S/C22H23N7O3S/c1-15-3-8-20(24-13-15)27-22-10-9-21(28-29-22)23-11-12-25-33(30,31)18-6-4-17(5-7-18)19-14-32-16(2)26-19/h3-10,13-14,25H,11-12H2,1-2H3,(H,23,28)(H,24,27,29). The highest BCUT2D eigenvalue weighted by Crippen LogP contribution is 2.20. The molecule has 0 saturated carbocycles. The fraction of sp³-hybridized carbons (Fsp3) is 0.182. The number of sulfonamides is 1. The summed E-state index contributed by atoms with van der Waals surface area (Å²) in [5.41, 5.74) is 2.51. The van der Waals surface area contributed by atoms with Crippen molar-refractivity contribution in [1.29, 1.82) is 0 Å². The van der Waals surface area contributed by atoms with E-state index in [4.69, 9.17) is 4.42 Å². The molecule has 0 amide bonds. The minimum absolute atomic E-state index is 0.173.